The SMILES string of the molecule is CN[C@@H]1C(O)[C@@H](O[C@@H]2[C@@H](N=C(N)C3(O)CCC3)C3[C@H](N)C(O[C@H]4O[C@H](CNC(=N)C(C)N)CCC4N)C32O)OCC1(C)O. The summed E-state index contributed by atoms with van der Waals surface area (Å²) in [7, 11) is 1.61. The van der Waals surface area contributed by atoms with Gasteiger partial charge in [0.2, 0.25) is 0 Å². The first-order valence-electron chi connectivity index (χ1n) is 15.2. The number of hydrogen-bond donors (Lipinski definition) is 11. The van der Waals surface area contributed by atoms with E-state index >= 15 is 0 Å². The molecule has 2 heterocycles. The number of ether oxygens (including phenoxy) is 4. The van der Waals surface area contributed by atoms with Gasteiger partial charge in [-0.15, -0.1) is 0 Å². The zero-order valence-electron chi connectivity index (χ0n) is 25.1. The molecule has 0 radical (unpaired) electrons. The molecule has 7 unspecified atom stereocenters. The molecule has 0 aromatic carbocycles. The van der Waals surface area contributed by atoms with Crippen LogP contribution in [0.4, 0.5) is 0 Å². The maximum atomic E-state index is 12.0. The first-order valence-corrected chi connectivity index (χ1v) is 15.2. The Bertz CT molecular complexity index is 1060. The van der Waals surface area contributed by atoms with Gasteiger partial charge in [0, 0.05) is 18.5 Å². The minimum atomic E-state index is -1.65. The standard InChI is InChI=1S/C27H50N8O8/c1-11(28)21(31)34-9-12-5-6-13(29)22(41-12)42-19-15(30)14-16(35-24(32)26(38)7-4-8-26)20(27(14,19)39)43-23-17(36)18(33-3)25(2,37)10-40-23/h11-20,22-23,33,36-39H,4-10,28-30H2,1-3H3,(H2,31,34)(H2,32,35)/t11?,12-,13?,14?,15-,16-,17?,18+,19?,20+,22+,23+,25?,27?/m0/s1. The number of aliphatic imine (C=N–C) groups is 1. The van der Waals surface area contributed by atoms with Crippen molar-refractivity contribution in [2.45, 2.75) is 130 Å². The number of likely N-dealkylation sites (N-methyl/N-ethyl adjacent to an activating group) is 1. The molecule has 0 spiro atoms. The van der Waals surface area contributed by atoms with Crippen LogP contribution in [-0.2, 0) is 18.9 Å². The summed E-state index contributed by atoms with van der Waals surface area (Å²) in [6, 6.07) is -3.15. The third-order valence-corrected chi connectivity index (χ3v) is 10.0. The predicted molar refractivity (Wildman–Crippen MR) is 155 cm³/mol. The topological polar surface area (TPSA) is 282 Å². The fraction of sp³-hybridized carbons (Fsp3) is 0.926. The highest BCUT2D eigenvalue weighted by atomic mass is 16.7. The number of amidine groups is 2. The molecule has 16 heteroatoms. The Balaban J connectivity index is 1.33. The highest BCUT2D eigenvalue weighted by Gasteiger charge is 2.79. The molecule has 0 amide bonds. The summed E-state index contributed by atoms with van der Waals surface area (Å²) >= 11 is 0. The van der Waals surface area contributed by atoms with E-state index in [1.165, 1.54) is 6.92 Å². The second kappa shape index (κ2) is 12.0. The molecular formula is C27H50N8O8. The maximum Gasteiger partial charge on any atom is 0.185 e. The van der Waals surface area contributed by atoms with Crippen molar-refractivity contribution < 1.29 is 39.4 Å². The Morgan fingerprint density at radius 1 is 1.14 bits per heavy atom. The van der Waals surface area contributed by atoms with Crippen LogP contribution in [0.2, 0.25) is 0 Å². The van der Waals surface area contributed by atoms with Gasteiger partial charge in [-0.1, -0.05) is 0 Å². The molecule has 14 atom stereocenters. The van der Waals surface area contributed by atoms with E-state index in [2.05, 4.69) is 15.6 Å². The molecule has 5 aliphatic rings. The number of rotatable bonds is 10. The third-order valence-electron chi connectivity index (χ3n) is 10.0. The average molecular weight is 615 g/mol. The normalized spacial score (nSPS) is 48.2. The van der Waals surface area contributed by atoms with Crippen molar-refractivity contribution in [1.29, 1.82) is 5.41 Å². The molecule has 15 N–H and O–H groups in total. The molecule has 3 saturated carbocycles. The summed E-state index contributed by atoms with van der Waals surface area (Å²) in [6.07, 6.45) is -2.75. The van der Waals surface area contributed by atoms with E-state index in [1.807, 2.05) is 0 Å². The number of aliphatic hydroxyl groups excluding tert-OH is 1. The fourth-order valence-corrected chi connectivity index (χ4v) is 7.05. The molecule has 0 bridgehead atoms. The second-order valence-electron chi connectivity index (χ2n) is 13.2. The molecule has 246 valence electrons. The first-order chi connectivity index (χ1) is 20.1. The quantitative estimate of drug-likeness (QED) is 0.0824. The van der Waals surface area contributed by atoms with Gasteiger partial charge >= 0.3 is 0 Å². The van der Waals surface area contributed by atoms with Crippen LogP contribution in [0.1, 0.15) is 46.0 Å². The van der Waals surface area contributed by atoms with Crippen LogP contribution in [0.25, 0.3) is 0 Å². The Morgan fingerprint density at radius 3 is 2.42 bits per heavy atom. The van der Waals surface area contributed by atoms with Crippen LogP contribution >= 0.6 is 0 Å². The van der Waals surface area contributed by atoms with Crippen LogP contribution in [0, 0.1) is 11.3 Å². The van der Waals surface area contributed by atoms with Gasteiger partial charge in [0.05, 0.1) is 36.9 Å². The van der Waals surface area contributed by atoms with Gasteiger partial charge in [-0.3, -0.25) is 10.4 Å². The fourth-order valence-electron chi connectivity index (χ4n) is 7.05. The van der Waals surface area contributed by atoms with Crippen molar-refractivity contribution in [1.82, 2.24) is 10.6 Å². The van der Waals surface area contributed by atoms with E-state index < -0.39 is 83.8 Å². The molecule has 2 saturated heterocycles. The van der Waals surface area contributed by atoms with Crippen LogP contribution in [0.5, 0.6) is 0 Å². The Morgan fingerprint density at radius 2 is 1.81 bits per heavy atom. The Labute approximate surface area is 251 Å². The van der Waals surface area contributed by atoms with Crippen molar-refractivity contribution in [2.24, 2.45) is 33.8 Å². The van der Waals surface area contributed by atoms with Crippen molar-refractivity contribution in [2.75, 3.05) is 20.2 Å². The van der Waals surface area contributed by atoms with Crippen molar-refractivity contribution >= 4 is 11.7 Å². The molecule has 2 aliphatic heterocycles. The van der Waals surface area contributed by atoms with Gasteiger partial charge in [-0.25, -0.2) is 0 Å². The van der Waals surface area contributed by atoms with Gasteiger partial charge < -0.3 is 72.9 Å². The summed E-state index contributed by atoms with van der Waals surface area (Å²) in [6.45, 7) is 3.46. The summed E-state index contributed by atoms with van der Waals surface area (Å²) in [5.74, 6) is -0.393. The highest BCUT2D eigenvalue weighted by molar-refractivity contribution is 5.90. The maximum absolute atomic E-state index is 12.0. The molecule has 5 rings (SSSR count). The monoisotopic (exact) mass is 614 g/mol. The van der Waals surface area contributed by atoms with E-state index in [0.29, 0.717) is 32.2 Å². The van der Waals surface area contributed by atoms with Crippen molar-refractivity contribution in [3.63, 3.8) is 0 Å². The number of nitrogens with one attached hydrogen (secondary N) is 3. The van der Waals surface area contributed by atoms with Gasteiger partial charge in [-0.2, -0.15) is 0 Å². The molecular weight excluding hydrogens is 564 g/mol. The summed E-state index contributed by atoms with van der Waals surface area (Å²) in [4.78, 5) is 4.58. The van der Waals surface area contributed by atoms with Crippen LogP contribution in [-0.4, -0.2) is 136 Å². The summed E-state index contributed by atoms with van der Waals surface area (Å²) in [5.41, 5.74) is 20.6. The Kier molecular flexibility index (Phi) is 9.16. The smallest absolute Gasteiger partial charge is 0.185 e. The zero-order valence-corrected chi connectivity index (χ0v) is 25.1. The van der Waals surface area contributed by atoms with E-state index in [-0.39, 0.29) is 24.4 Å². The number of nitrogens with two attached hydrogens (primary N) is 4. The van der Waals surface area contributed by atoms with Crippen LogP contribution < -0.4 is 33.6 Å². The lowest BCUT2D eigenvalue weighted by atomic mass is 9.46. The molecule has 0 aromatic heterocycles. The molecule has 0 aromatic rings. The van der Waals surface area contributed by atoms with E-state index in [4.69, 9.17) is 47.3 Å². The summed E-state index contributed by atoms with van der Waals surface area (Å²) < 4.78 is 24.3. The van der Waals surface area contributed by atoms with Gasteiger partial charge in [0.15, 0.2) is 12.6 Å². The summed E-state index contributed by atoms with van der Waals surface area (Å²) in [5, 5.41) is 58.3. The van der Waals surface area contributed by atoms with E-state index in [9.17, 15) is 20.4 Å². The minimum absolute atomic E-state index is 0.0439. The minimum Gasteiger partial charge on any atom is -0.386 e. The molecule has 5 fully saturated rings. The van der Waals surface area contributed by atoms with E-state index in [1.54, 1.807) is 14.0 Å². The lowest BCUT2D eigenvalue weighted by Gasteiger charge is -2.70. The molecule has 16 nitrogen and oxygen atoms in total. The lowest BCUT2D eigenvalue weighted by molar-refractivity contribution is -0.398. The molecule has 3 aliphatic carbocycles. The number of hydrogen-bond acceptors (Lipinski definition) is 14. The molecule has 43 heavy (non-hydrogen) atoms. The lowest BCUT2D eigenvalue weighted by Crippen LogP contribution is -2.91. The third kappa shape index (κ3) is 5.70. The largest absolute Gasteiger partial charge is 0.386 e. The zero-order chi connectivity index (χ0) is 31.5. The average Bonchev–Trinajstić information content (AvgIpc) is 2.93. The number of aliphatic hydroxyl groups is 4. The van der Waals surface area contributed by atoms with Gasteiger partial charge in [0.1, 0.15) is 46.8 Å². The predicted octanol–water partition coefficient (Wildman–Crippen LogP) is -4.10. The van der Waals surface area contributed by atoms with Gasteiger partial charge in [0.25, 0.3) is 0 Å². The number of nitrogens with zero attached hydrogens (tertiary/aromatic N) is 1. The number of fused-ring (bicyclic) bond motifs is 1. The second-order valence-corrected chi connectivity index (χ2v) is 13.2. The van der Waals surface area contributed by atoms with Crippen LogP contribution in [0.3, 0.4) is 0 Å². The van der Waals surface area contributed by atoms with Crippen molar-refractivity contribution in [3.8, 4) is 0 Å². The Hall–Kier alpha value is -1.54. The highest BCUT2D eigenvalue weighted by Crippen LogP contribution is 2.58. The van der Waals surface area contributed by atoms with E-state index in [0.717, 1.165) is 6.42 Å². The van der Waals surface area contributed by atoms with Crippen LogP contribution in [0.15, 0.2) is 4.99 Å². The first kappa shape index (κ1) is 32.8. The van der Waals surface area contributed by atoms with Crippen molar-refractivity contribution in [3.05, 3.63) is 0 Å². The van der Waals surface area contributed by atoms with Gasteiger partial charge in [-0.05, 0) is 53.0 Å².